The largest absolute Gasteiger partial charge is 0.356 e. The number of anilines is 1. The standard InChI is InChI=1S/C29H32FN7O2/c1-19-25(16-21-7-4-3-5-8-21)28(37-29(33-19)31-18-32-37)36-13-11-24(12-14-36)35-27(39)26(34-20(2)38)17-22-9-6-10-23(30)15-22/h3-10,15,18,24,26H,11-14,16-17H2,1-2H3,(H,34,38)(H,35,39). The minimum absolute atomic E-state index is 0.0516. The minimum Gasteiger partial charge on any atom is -0.356 e. The summed E-state index contributed by atoms with van der Waals surface area (Å²) in [7, 11) is 0. The number of fused-ring (bicyclic) bond motifs is 1. The Hall–Kier alpha value is -4.34. The quantitative estimate of drug-likeness (QED) is 0.364. The number of nitrogens with zero attached hydrogens (tertiary/aromatic N) is 5. The highest BCUT2D eigenvalue weighted by Gasteiger charge is 2.28. The molecule has 9 nitrogen and oxygen atoms in total. The van der Waals surface area contributed by atoms with E-state index in [9.17, 15) is 14.0 Å². The van der Waals surface area contributed by atoms with Crippen LogP contribution in [0.5, 0.6) is 0 Å². The summed E-state index contributed by atoms with van der Waals surface area (Å²) < 4.78 is 15.5. The molecule has 1 aliphatic rings. The van der Waals surface area contributed by atoms with Gasteiger partial charge >= 0.3 is 0 Å². The lowest BCUT2D eigenvalue weighted by molar-refractivity contribution is -0.128. The fourth-order valence-corrected chi connectivity index (χ4v) is 5.19. The predicted molar refractivity (Wildman–Crippen MR) is 146 cm³/mol. The van der Waals surface area contributed by atoms with Gasteiger partial charge in [0, 0.05) is 50.2 Å². The molecule has 0 spiro atoms. The van der Waals surface area contributed by atoms with E-state index in [1.165, 1.54) is 30.9 Å². The Balaban J connectivity index is 1.30. The van der Waals surface area contributed by atoms with Crippen LogP contribution in [0.4, 0.5) is 10.2 Å². The van der Waals surface area contributed by atoms with Crippen LogP contribution >= 0.6 is 0 Å². The van der Waals surface area contributed by atoms with Crippen molar-refractivity contribution in [2.45, 2.75) is 51.6 Å². The molecule has 0 radical (unpaired) electrons. The first-order valence-electron chi connectivity index (χ1n) is 13.2. The van der Waals surface area contributed by atoms with Crippen molar-refractivity contribution in [2.75, 3.05) is 18.0 Å². The molecular weight excluding hydrogens is 497 g/mol. The fraction of sp³-hybridized carbons (Fsp3) is 0.345. The van der Waals surface area contributed by atoms with Crippen LogP contribution in [0.25, 0.3) is 5.78 Å². The van der Waals surface area contributed by atoms with Gasteiger partial charge in [-0.05, 0) is 43.0 Å². The SMILES string of the molecule is CC(=O)NC(Cc1cccc(F)c1)C(=O)NC1CCN(c2c(Cc3ccccc3)c(C)nc3ncnn23)CC1. The van der Waals surface area contributed by atoms with Crippen LogP contribution in [0.2, 0.25) is 0 Å². The van der Waals surface area contributed by atoms with E-state index in [4.69, 9.17) is 0 Å². The molecule has 2 aromatic carbocycles. The van der Waals surface area contributed by atoms with Gasteiger partial charge in [-0.3, -0.25) is 9.59 Å². The number of amides is 2. The van der Waals surface area contributed by atoms with E-state index in [1.54, 1.807) is 16.6 Å². The lowest BCUT2D eigenvalue weighted by Gasteiger charge is -2.35. The maximum absolute atomic E-state index is 13.7. The zero-order chi connectivity index (χ0) is 27.4. The van der Waals surface area contributed by atoms with Crippen molar-refractivity contribution in [1.29, 1.82) is 0 Å². The first-order valence-corrected chi connectivity index (χ1v) is 13.2. The number of aromatic nitrogens is 4. The van der Waals surface area contributed by atoms with Gasteiger partial charge in [0.1, 0.15) is 24.0 Å². The molecule has 1 aliphatic heterocycles. The van der Waals surface area contributed by atoms with Crippen LogP contribution < -0.4 is 15.5 Å². The Kier molecular flexibility index (Phi) is 7.81. The molecule has 5 rings (SSSR count). The van der Waals surface area contributed by atoms with Gasteiger partial charge < -0.3 is 15.5 Å². The average molecular weight is 530 g/mol. The van der Waals surface area contributed by atoms with Crippen LogP contribution in [0, 0.1) is 12.7 Å². The monoisotopic (exact) mass is 529 g/mol. The number of rotatable bonds is 8. The Labute approximate surface area is 226 Å². The third-order valence-corrected chi connectivity index (χ3v) is 7.09. The molecule has 1 fully saturated rings. The Morgan fingerprint density at radius 3 is 2.54 bits per heavy atom. The minimum atomic E-state index is -0.780. The number of halogens is 1. The fourth-order valence-electron chi connectivity index (χ4n) is 5.19. The van der Waals surface area contributed by atoms with Crippen LogP contribution in [0.3, 0.4) is 0 Å². The molecule has 39 heavy (non-hydrogen) atoms. The number of hydrogen-bond donors (Lipinski definition) is 2. The summed E-state index contributed by atoms with van der Waals surface area (Å²) in [5.41, 5.74) is 3.85. The van der Waals surface area contributed by atoms with Gasteiger partial charge in [0.2, 0.25) is 11.8 Å². The van der Waals surface area contributed by atoms with Gasteiger partial charge in [0.05, 0.1) is 0 Å². The van der Waals surface area contributed by atoms with E-state index in [2.05, 4.69) is 42.7 Å². The van der Waals surface area contributed by atoms with Crippen molar-refractivity contribution in [2.24, 2.45) is 0 Å². The Bertz CT molecular complexity index is 1470. The predicted octanol–water partition coefficient (Wildman–Crippen LogP) is 3.00. The molecule has 10 heteroatoms. The molecule has 0 bridgehead atoms. The van der Waals surface area contributed by atoms with Crippen LogP contribution in [0.15, 0.2) is 60.9 Å². The van der Waals surface area contributed by atoms with Crippen molar-refractivity contribution in [3.63, 3.8) is 0 Å². The molecule has 1 saturated heterocycles. The summed E-state index contributed by atoms with van der Waals surface area (Å²) in [5.74, 6) is 0.589. The zero-order valence-electron chi connectivity index (χ0n) is 22.1. The summed E-state index contributed by atoms with van der Waals surface area (Å²) in [5, 5.41) is 10.3. The molecular formula is C29H32FN7O2. The number of benzene rings is 2. The number of aryl methyl sites for hydroxylation is 1. The molecule has 4 aromatic rings. The Morgan fingerprint density at radius 1 is 1.08 bits per heavy atom. The highest BCUT2D eigenvalue weighted by atomic mass is 19.1. The second kappa shape index (κ2) is 11.6. The normalized spacial score (nSPS) is 14.8. The second-order valence-electron chi connectivity index (χ2n) is 9.99. The van der Waals surface area contributed by atoms with Crippen LogP contribution in [-0.2, 0) is 22.4 Å². The van der Waals surface area contributed by atoms with Gasteiger partial charge in [0.25, 0.3) is 5.78 Å². The molecule has 3 heterocycles. The van der Waals surface area contributed by atoms with Crippen molar-refractivity contribution >= 4 is 23.4 Å². The summed E-state index contributed by atoms with van der Waals surface area (Å²) >= 11 is 0. The maximum atomic E-state index is 13.7. The number of carbonyl (C=O) groups excluding carboxylic acids is 2. The van der Waals surface area contributed by atoms with E-state index < -0.39 is 6.04 Å². The summed E-state index contributed by atoms with van der Waals surface area (Å²) in [4.78, 5) is 36.2. The van der Waals surface area contributed by atoms with Gasteiger partial charge in [-0.15, -0.1) is 0 Å². The van der Waals surface area contributed by atoms with Crippen molar-refractivity contribution in [1.82, 2.24) is 30.2 Å². The number of carbonyl (C=O) groups is 2. The maximum Gasteiger partial charge on any atom is 0.254 e. The first-order chi connectivity index (χ1) is 18.9. The molecule has 202 valence electrons. The molecule has 1 atom stereocenters. The highest BCUT2D eigenvalue weighted by molar-refractivity contribution is 5.87. The molecule has 1 unspecified atom stereocenters. The Morgan fingerprint density at radius 2 is 1.82 bits per heavy atom. The van der Waals surface area contributed by atoms with E-state index in [-0.39, 0.29) is 30.1 Å². The van der Waals surface area contributed by atoms with Gasteiger partial charge in [-0.2, -0.15) is 14.6 Å². The van der Waals surface area contributed by atoms with E-state index in [0.29, 0.717) is 24.4 Å². The third-order valence-electron chi connectivity index (χ3n) is 7.09. The average Bonchev–Trinajstić information content (AvgIpc) is 3.37. The van der Waals surface area contributed by atoms with Gasteiger partial charge in [0.15, 0.2) is 0 Å². The second-order valence-corrected chi connectivity index (χ2v) is 9.99. The van der Waals surface area contributed by atoms with Crippen molar-refractivity contribution in [3.05, 3.63) is 89.1 Å². The van der Waals surface area contributed by atoms with Crippen LogP contribution in [-0.4, -0.2) is 56.6 Å². The summed E-state index contributed by atoms with van der Waals surface area (Å²) in [6, 6.07) is 15.5. The topological polar surface area (TPSA) is 105 Å². The van der Waals surface area contributed by atoms with Gasteiger partial charge in [-0.1, -0.05) is 42.5 Å². The smallest absolute Gasteiger partial charge is 0.254 e. The van der Waals surface area contributed by atoms with Crippen molar-refractivity contribution < 1.29 is 14.0 Å². The van der Waals surface area contributed by atoms with E-state index in [0.717, 1.165) is 36.3 Å². The lowest BCUT2D eigenvalue weighted by atomic mass is 10.00. The van der Waals surface area contributed by atoms with E-state index in [1.807, 2.05) is 25.1 Å². The molecule has 0 aliphatic carbocycles. The highest BCUT2D eigenvalue weighted by Crippen LogP contribution is 2.28. The van der Waals surface area contributed by atoms with Crippen molar-refractivity contribution in [3.8, 4) is 0 Å². The molecule has 2 amide bonds. The lowest BCUT2D eigenvalue weighted by Crippen LogP contribution is -2.52. The van der Waals surface area contributed by atoms with Crippen LogP contribution in [0.1, 0.15) is 42.1 Å². The van der Waals surface area contributed by atoms with E-state index >= 15 is 0 Å². The molecule has 2 aromatic heterocycles. The third kappa shape index (κ3) is 6.22. The zero-order valence-corrected chi connectivity index (χ0v) is 22.1. The number of nitrogens with one attached hydrogen (secondary N) is 2. The summed E-state index contributed by atoms with van der Waals surface area (Å²) in [6.45, 7) is 4.79. The molecule has 0 saturated carbocycles. The number of hydrogen-bond acceptors (Lipinski definition) is 6. The molecule has 2 N–H and O–H groups in total. The first kappa shape index (κ1) is 26.3. The number of piperidine rings is 1. The summed E-state index contributed by atoms with van der Waals surface area (Å²) in [6.07, 6.45) is 3.90. The van der Waals surface area contributed by atoms with Gasteiger partial charge in [-0.25, -0.2) is 9.37 Å².